The number of hydrogen-bond acceptors (Lipinski definition) is 3. The monoisotopic (exact) mass is 297 g/mol. The van der Waals surface area contributed by atoms with Crippen LogP contribution in [0.25, 0.3) is 0 Å². The lowest BCUT2D eigenvalue weighted by molar-refractivity contribution is 0.0690. The molecule has 1 N–H and O–H groups in total. The molecule has 6 heteroatoms. The number of carbonyl (C=O) groups is 1. The lowest BCUT2D eigenvalue weighted by Crippen LogP contribution is -2.02. The van der Waals surface area contributed by atoms with Crippen molar-refractivity contribution in [3.63, 3.8) is 0 Å². The van der Waals surface area contributed by atoms with Gasteiger partial charge in [0, 0.05) is 11.1 Å². The van der Waals surface area contributed by atoms with Gasteiger partial charge in [0.15, 0.2) is 5.69 Å². The minimum Gasteiger partial charge on any atom is -0.476 e. The third kappa shape index (κ3) is 3.16. The smallest absolute Gasteiger partial charge is 0.356 e. The highest BCUT2D eigenvalue weighted by Crippen LogP contribution is 2.27. The van der Waals surface area contributed by atoms with Gasteiger partial charge in [-0.3, -0.25) is 0 Å². The van der Waals surface area contributed by atoms with Crippen LogP contribution in [0.3, 0.4) is 0 Å². The van der Waals surface area contributed by atoms with E-state index in [2.05, 4.69) is 4.98 Å². The largest absolute Gasteiger partial charge is 0.476 e. The van der Waals surface area contributed by atoms with Gasteiger partial charge in [-0.2, -0.15) is 0 Å². The molecule has 0 saturated carbocycles. The third-order valence-corrected chi connectivity index (χ3v) is 2.91. The summed E-state index contributed by atoms with van der Waals surface area (Å²) in [7, 11) is 0. The summed E-state index contributed by atoms with van der Waals surface area (Å²) in [5.74, 6) is -0.494. The van der Waals surface area contributed by atoms with Crippen LogP contribution < -0.4 is 4.74 Å². The Kier molecular flexibility index (Phi) is 3.93. The van der Waals surface area contributed by atoms with Gasteiger partial charge in [0.1, 0.15) is 5.75 Å². The molecule has 0 aliphatic heterocycles. The van der Waals surface area contributed by atoms with Gasteiger partial charge in [0.25, 0.3) is 0 Å². The first-order valence-corrected chi connectivity index (χ1v) is 6.07. The van der Waals surface area contributed by atoms with E-state index in [1.54, 1.807) is 18.2 Å². The molecule has 0 amide bonds. The Balaban J connectivity index is 2.33. The van der Waals surface area contributed by atoms with Crippen LogP contribution in [0.15, 0.2) is 30.3 Å². The molecule has 2 aromatic rings. The highest BCUT2D eigenvalue weighted by Gasteiger charge is 2.13. The van der Waals surface area contributed by atoms with Gasteiger partial charge >= 0.3 is 5.97 Å². The zero-order valence-electron chi connectivity index (χ0n) is 9.85. The Morgan fingerprint density at radius 3 is 2.63 bits per heavy atom. The first-order valence-electron chi connectivity index (χ1n) is 5.31. The number of rotatable bonds is 3. The maximum atomic E-state index is 10.9. The van der Waals surface area contributed by atoms with Crippen LogP contribution in [0.5, 0.6) is 11.6 Å². The van der Waals surface area contributed by atoms with Crippen molar-refractivity contribution < 1.29 is 14.6 Å². The van der Waals surface area contributed by atoms with Crippen LogP contribution in [0.1, 0.15) is 16.1 Å². The molecule has 0 radical (unpaired) electrons. The van der Waals surface area contributed by atoms with Gasteiger partial charge in [-0.15, -0.1) is 0 Å². The van der Waals surface area contributed by atoms with Gasteiger partial charge in [-0.1, -0.05) is 23.2 Å². The number of carboxylic acids is 1. The summed E-state index contributed by atoms with van der Waals surface area (Å²) in [6, 6.07) is 8.04. The first kappa shape index (κ1) is 13.6. The summed E-state index contributed by atoms with van der Waals surface area (Å²) in [6.45, 7) is 1.83. The second kappa shape index (κ2) is 5.47. The summed E-state index contributed by atoms with van der Waals surface area (Å²) < 4.78 is 5.52. The van der Waals surface area contributed by atoms with E-state index < -0.39 is 5.97 Å². The topological polar surface area (TPSA) is 59.4 Å². The maximum absolute atomic E-state index is 10.9. The Morgan fingerprint density at radius 2 is 2.00 bits per heavy atom. The molecule has 0 saturated heterocycles. The molecule has 19 heavy (non-hydrogen) atoms. The Bertz CT molecular complexity index is 644. The van der Waals surface area contributed by atoms with Gasteiger partial charge in [-0.05, 0) is 36.8 Å². The molecule has 1 aromatic heterocycles. The van der Waals surface area contributed by atoms with E-state index in [4.69, 9.17) is 33.0 Å². The van der Waals surface area contributed by atoms with Crippen molar-refractivity contribution in [2.24, 2.45) is 0 Å². The lowest BCUT2D eigenvalue weighted by Gasteiger charge is -2.09. The number of aromatic carboxylic acids is 1. The van der Waals surface area contributed by atoms with Crippen molar-refractivity contribution in [2.75, 3.05) is 0 Å². The number of ether oxygens (including phenoxy) is 1. The number of hydrogen-bond donors (Lipinski definition) is 1. The first-order chi connectivity index (χ1) is 8.97. The second-order valence-electron chi connectivity index (χ2n) is 3.80. The zero-order chi connectivity index (χ0) is 14.0. The fraction of sp³-hybridized carbons (Fsp3) is 0.0769. The molecule has 1 aromatic carbocycles. The van der Waals surface area contributed by atoms with E-state index in [9.17, 15) is 4.79 Å². The van der Waals surface area contributed by atoms with Gasteiger partial charge in [-0.25, -0.2) is 9.78 Å². The predicted molar refractivity (Wildman–Crippen MR) is 72.5 cm³/mol. The molecule has 0 aliphatic rings. The number of aromatic nitrogens is 1. The number of benzene rings is 1. The standard InChI is InChI=1S/C13H9Cl2NO3/c1-7-6-8(14)2-4-10(7)19-11-5-3-9(15)12(16-11)13(17)18/h2-6H,1H3,(H,17,18). The SMILES string of the molecule is Cc1cc(Cl)ccc1Oc1ccc(Cl)c(C(=O)O)n1. The van der Waals surface area contributed by atoms with Crippen molar-refractivity contribution in [3.05, 3.63) is 51.6 Å². The molecule has 0 spiro atoms. The molecule has 2 rings (SSSR count). The van der Waals surface area contributed by atoms with Gasteiger partial charge in [0.05, 0.1) is 5.02 Å². The van der Waals surface area contributed by atoms with Crippen LogP contribution >= 0.6 is 23.2 Å². The average molecular weight is 298 g/mol. The number of halogens is 2. The van der Waals surface area contributed by atoms with E-state index in [1.165, 1.54) is 12.1 Å². The van der Waals surface area contributed by atoms with Crippen molar-refractivity contribution in [1.29, 1.82) is 0 Å². The summed E-state index contributed by atoms with van der Waals surface area (Å²) in [5, 5.41) is 9.59. The quantitative estimate of drug-likeness (QED) is 0.923. The van der Waals surface area contributed by atoms with E-state index in [-0.39, 0.29) is 16.6 Å². The van der Waals surface area contributed by atoms with Crippen LogP contribution in [0, 0.1) is 6.92 Å². The minimum absolute atomic E-state index is 0.0627. The number of pyridine rings is 1. The molecule has 98 valence electrons. The number of carboxylic acid groups (broad SMARTS) is 1. The van der Waals surface area contributed by atoms with Crippen molar-refractivity contribution in [3.8, 4) is 11.6 Å². The van der Waals surface area contributed by atoms with E-state index in [1.807, 2.05) is 6.92 Å². The summed E-state index contributed by atoms with van der Waals surface area (Å²) >= 11 is 11.6. The van der Waals surface area contributed by atoms with Crippen LogP contribution in [0.4, 0.5) is 0 Å². The maximum Gasteiger partial charge on any atom is 0.356 e. The molecular formula is C13H9Cl2NO3. The Labute approximate surface area is 119 Å². The molecule has 0 unspecified atom stereocenters. The summed E-state index contributed by atoms with van der Waals surface area (Å²) in [4.78, 5) is 14.8. The molecule has 0 aliphatic carbocycles. The van der Waals surface area contributed by atoms with Gasteiger partial charge in [0.2, 0.25) is 5.88 Å². The highest BCUT2D eigenvalue weighted by atomic mass is 35.5. The Morgan fingerprint density at radius 1 is 1.26 bits per heavy atom. The van der Waals surface area contributed by atoms with E-state index >= 15 is 0 Å². The molecule has 4 nitrogen and oxygen atoms in total. The summed E-state index contributed by atoms with van der Waals surface area (Å²) in [5.41, 5.74) is 0.576. The zero-order valence-corrected chi connectivity index (χ0v) is 11.4. The van der Waals surface area contributed by atoms with E-state index in [0.717, 1.165) is 5.56 Å². The average Bonchev–Trinajstić information content (AvgIpc) is 2.34. The normalized spacial score (nSPS) is 10.3. The van der Waals surface area contributed by atoms with Crippen LogP contribution in [0.2, 0.25) is 10.0 Å². The minimum atomic E-state index is -1.21. The number of nitrogens with zero attached hydrogens (tertiary/aromatic N) is 1. The predicted octanol–water partition coefficient (Wildman–Crippen LogP) is 4.19. The van der Waals surface area contributed by atoms with Crippen molar-refractivity contribution in [1.82, 2.24) is 4.98 Å². The number of aryl methyl sites for hydroxylation is 1. The summed E-state index contributed by atoms with van der Waals surface area (Å²) in [6.07, 6.45) is 0. The fourth-order valence-corrected chi connectivity index (χ4v) is 1.88. The van der Waals surface area contributed by atoms with Crippen LogP contribution in [-0.4, -0.2) is 16.1 Å². The van der Waals surface area contributed by atoms with E-state index in [0.29, 0.717) is 10.8 Å². The third-order valence-electron chi connectivity index (χ3n) is 2.37. The lowest BCUT2D eigenvalue weighted by atomic mass is 10.2. The van der Waals surface area contributed by atoms with Crippen molar-refractivity contribution >= 4 is 29.2 Å². The molecule has 0 atom stereocenters. The molecule has 0 bridgehead atoms. The fourth-order valence-electron chi connectivity index (χ4n) is 1.47. The Hall–Kier alpha value is -1.78. The second-order valence-corrected chi connectivity index (χ2v) is 4.64. The molecule has 0 fully saturated rings. The van der Waals surface area contributed by atoms with Gasteiger partial charge < -0.3 is 9.84 Å². The molecular weight excluding hydrogens is 289 g/mol. The molecule has 1 heterocycles. The highest BCUT2D eigenvalue weighted by molar-refractivity contribution is 6.33. The van der Waals surface area contributed by atoms with Crippen LogP contribution in [-0.2, 0) is 0 Å². The van der Waals surface area contributed by atoms with Crippen molar-refractivity contribution in [2.45, 2.75) is 6.92 Å².